The van der Waals surface area contributed by atoms with Crippen molar-refractivity contribution in [2.75, 3.05) is 31.7 Å². The van der Waals surface area contributed by atoms with Crippen molar-refractivity contribution in [3.05, 3.63) is 11.1 Å². The van der Waals surface area contributed by atoms with Crippen molar-refractivity contribution in [3.63, 3.8) is 0 Å². The molecule has 21 heavy (non-hydrogen) atoms. The van der Waals surface area contributed by atoms with Gasteiger partial charge in [0.05, 0.1) is 12.3 Å². The smallest absolute Gasteiger partial charge is 0.185 e. The minimum Gasteiger partial charge on any atom is -0.383 e. The molecule has 0 bridgehead atoms. The van der Waals surface area contributed by atoms with Crippen LogP contribution in [0, 0.1) is 0 Å². The Morgan fingerprint density at radius 3 is 2.62 bits per heavy atom. The summed E-state index contributed by atoms with van der Waals surface area (Å²) in [6, 6.07) is 0.860. The van der Waals surface area contributed by atoms with Crippen LogP contribution in [0.5, 0.6) is 0 Å². The van der Waals surface area contributed by atoms with Gasteiger partial charge in [-0.05, 0) is 32.7 Å². The van der Waals surface area contributed by atoms with Gasteiger partial charge in [0.25, 0.3) is 0 Å². The molecule has 0 amide bonds. The molecule has 5 heteroatoms. The zero-order chi connectivity index (χ0) is 15.7. The molecule has 122 valence electrons. The number of anilines is 1. The SMILES string of the molecule is CCCNC(C)c1csc(N(CCOC)C(CC)CC)n1. The third kappa shape index (κ3) is 5.57. The number of rotatable bonds is 11. The van der Waals surface area contributed by atoms with E-state index in [1.807, 2.05) is 0 Å². The molecular formula is C16H31N3OS. The Bertz CT molecular complexity index is 379. The molecular weight excluding hydrogens is 282 g/mol. The van der Waals surface area contributed by atoms with E-state index < -0.39 is 0 Å². The molecule has 0 saturated heterocycles. The van der Waals surface area contributed by atoms with E-state index in [9.17, 15) is 0 Å². The maximum absolute atomic E-state index is 5.26. The number of hydrogen-bond donors (Lipinski definition) is 1. The quantitative estimate of drug-likeness (QED) is 0.673. The van der Waals surface area contributed by atoms with Crippen LogP contribution in [0.1, 0.15) is 58.7 Å². The molecule has 1 heterocycles. The van der Waals surface area contributed by atoms with Crippen molar-refractivity contribution in [2.24, 2.45) is 0 Å². The second kappa shape index (κ2) is 10.1. The zero-order valence-corrected chi connectivity index (χ0v) is 15.0. The van der Waals surface area contributed by atoms with Gasteiger partial charge in [0.2, 0.25) is 0 Å². The summed E-state index contributed by atoms with van der Waals surface area (Å²) >= 11 is 1.75. The Balaban J connectivity index is 2.80. The minimum absolute atomic E-state index is 0.320. The van der Waals surface area contributed by atoms with Crippen molar-refractivity contribution in [1.29, 1.82) is 0 Å². The summed E-state index contributed by atoms with van der Waals surface area (Å²) in [5.41, 5.74) is 1.15. The van der Waals surface area contributed by atoms with E-state index in [1.165, 1.54) is 0 Å². The van der Waals surface area contributed by atoms with Crippen LogP contribution in [0.3, 0.4) is 0 Å². The van der Waals surface area contributed by atoms with Crippen molar-refractivity contribution in [1.82, 2.24) is 10.3 Å². The van der Waals surface area contributed by atoms with Gasteiger partial charge in [-0.1, -0.05) is 20.8 Å². The average molecular weight is 314 g/mol. The molecule has 0 aliphatic rings. The van der Waals surface area contributed by atoms with Crippen molar-refractivity contribution in [3.8, 4) is 0 Å². The van der Waals surface area contributed by atoms with Gasteiger partial charge in [0.1, 0.15) is 0 Å². The van der Waals surface area contributed by atoms with E-state index >= 15 is 0 Å². The van der Waals surface area contributed by atoms with Gasteiger partial charge in [-0.3, -0.25) is 0 Å². The van der Waals surface area contributed by atoms with E-state index in [0.29, 0.717) is 12.1 Å². The first-order valence-corrected chi connectivity index (χ1v) is 9.00. The predicted molar refractivity (Wildman–Crippen MR) is 92.4 cm³/mol. The molecule has 0 spiro atoms. The van der Waals surface area contributed by atoms with Crippen molar-refractivity contribution >= 4 is 16.5 Å². The summed E-state index contributed by atoms with van der Waals surface area (Å²) in [6.07, 6.45) is 3.42. The van der Waals surface area contributed by atoms with E-state index in [0.717, 1.165) is 49.8 Å². The molecule has 1 atom stereocenters. The van der Waals surface area contributed by atoms with E-state index in [2.05, 4.69) is 43.3 Å². The minimum atomic E-state index is 0.320. The molecule has 1 unspecified atom stereocenters. The van der Waals surface area contributed by atoms with Crippen LogP contribution in [0.4, 0.5) is 5.13 Å². The van der Waals surface area contributed by atoms with Crippen LogP contribution < -0.4 is 10.2 Å². The van der Waals surface area contributed by atoms with E-state index in [1.54, 1.807) is 18.4 Å². The Hall–Kier alpha value is -0.650. The van der Waals surface area contributed by atoms with Gasteiger partial charge in [-0.2, -0.15) is 0 Å². The lowest BCUT2D eigenvalue weighted by molar-refractivity contribution is 0.202. The lowest BCUT2D eigenvalue weighted by atomic mass is 10.1. The number of hydrogen-bond acceptors (Lipinski definition) is 5. The Kier molecular flexibility index (Phi) is 8.88. The molecule has 1 N–H and O–H groups in total. The first kappa shape index (κ1) is 18.4. The molecule has 1 aromatic rings. The van der Waals surface area contributed by atoms with Gasteiger partial charge >= 0.3 is 0 Å². The summed E-state index contributed by atoms with van der Waals surface area (Å²) in [5.74, 6) is 0. The zero-order valence-electron chi connectivity index (χ0n) is 14.2. The number of aromatic nitrogens is 1. The standard InChI is InChI=1S/C16H31N3OS/c1-6-9-17-13(4)15-12-21-16(18-15)19(10-11-20-5)14(7-2)8-3/h12-14,17H,6-11H2,1-5H3. The highest BCUT2D eigenvalue weighted by molar-refractivity contribution is 7.13. The van der Waals surface area contributed by atoms with Crippen LogP contribution in [-0.4, -0.2) is 37.8 Å². The summed E-state index contributed by atoms with van der Waals surface area (Å²) in [7, 11) is 1.76. The first-order valence-electron chi connectivity index (χ1n) is 8.12. The second-order valence-electron chi connectivity index (χ2n) is 5.39. The number of ether oxygens (including phenoxy) is 1. The second-order valence-corrected chi connectivity index (χ2v) is 6.22. The lowest BCUT2D eigenvalue weighted by Crippen LogP contribution is -2.37. The molecule has 0 radical (unpaired) electrons. The molecule has 0 aliphatic heterocycles. The van der Waals surface area contributed by atoms with Crippen LogP contribution in [0.2, 0.25) is 0 Å². The Labute approximate surface area is 133 Å². The van der Waals surface area contributed by atoms with Crippen LogP contribution in [-0.2, 0) is 4.74 Å². The molecule has 1 rings (SSSR count). The highest BCUT2D eigenvalue weighted by Crippen LogP contribution is 2.27. The fourth-order valence-corrected chi connectivity index (χ4v) is 3.44. The van der Waals surface area contributed by atoms with Gasteiger partial charge < -0.3 is 15.0 Å². The molecule has 1 aromatic heterocycles. The summed E-state index contributed by atoms with van der Waals surface area (Å²) in [4.78, 5) is 7.27. The summed E-state index contributed by atoms with van der Waals surface area (Å²) < 4.78 is 5.26. The fourth-order valence-electron chi connectivity index (χ4n) is 2.43. The monoisotopic (exact) mass is 313 g/mol. The molecule has 4 nitrogen and oxygen atoms in total. The normalized spacial score (nSPS) is 12.9. The maximum atomic E-state index is 5.26. The average Bonchev–Trinajstić information content (AvgIpc) is 2.98. The number of methoxy groups -OCH3 is 1. The lowest BCUT2D eigenvalue weighted by Gasteiger charge is -2.30. The molecule has 0 fully saturated rings. The van der Waals surface area contributed by atoms with E-state index in [4.69, 9.17) is 9.72 Å². The van der Waals surface area contributed by atoms with Crippen LogP contribution in [0.25, 0.3) is 0 Å². The third-order valence-electron chi connectivity index (χ3n) is 3.82. The number of thiazole rings is 1. The van der Waals surface area contributed by atoms with E-state index in [-0.39, 0.29) is 0 Å². The maximum Gasteiger partial charge on any atom is 0.185 e. The number of nitrogens with one attached hydrogen (secondary N) is 1. The van der Waals surface area contributed by atoms with Crippen LogP contribution >= 0.6 is 11.3 Å². The number of nitrogens with zero attached hydrogens (tertiary/aromatic N) is 2. The fraction of sp³-hybridized carbons (Fsp3) is 0.812. The van der Waals surface area contributed by atoms with Crippen molar-refractivity contribution in [2.45, 2.75) is 59.0 Å². The van der Waals surface area contributed by atoms with Gasteiger partial charge in [0, 0.05) is 31.1 Å². The van der Waals surface area contributed by atoms with Crippen LogP contribution in [0.15, 0.2) is 5.38 Å². The first-order chi connectivity index (χ1) is 10.2. The van der Waals surface area contributed by atoms with Gasteiger partial charge in [-0.25, -0.2) is 4.98 Å². The summed E-state index contributed by atoms with van der Waals surface area (Å²) in [6.45, 7) is 11.5. The third-order valence-corrected chi connectivity index (χ3v) is 4.72. The van der Waals surface area contributed by atoms with Gasteiger partial charge in [0.15, 0.2) is 5.13 Å². The largest absolute Gasteiger partial charge is 0.383 e. The van der Waals surface area contributed by atoms with Crippen molar-refractivity contribution < 1.29 is 4.74 Å². The Morgan fingerprint density at radius 2 is 2.05 bits per heavy atom. The highest BCUT2D eigenvalue weighted by Gasteiger charge is 2.19. The predicted octanol–water partition coefficient (Wildman–Crippen LogP) is 3.85. The summed E-state index contributed by atoms with van der Waals surface area (Å²) in [5, 5.41) is 6.81. The molecule has 0 aliphatic carbocycles. The Morgan fingerprint density at radius 1 is 1.33 bits per heavy atom. The molecule has 0 saturated carbocycles. The topological polar surface area (TPSA) is 37.4 Å². The molecule has 0 aromatic carbocycles. The van der Waals surface area contributed by atoms with Gasteiger partial charge in [-0.15, -0.1) is 11.3 Å². The highest BCUT2D eigenvalue weighted by atomic mass is 32.1.